The molecular weight excluding hydrogens is 326 g/mol. The van der Waals surface area contributed by atoms with Crippen molar-refractivity contribution in [1.29, 1.82) is 0 Å². The number of nitrogens with zero attached hydrogens (tertiary/aromatic N) is 2. The number of hydrogen-bond donors (Lipinski definition) is 1. The van der Waals surface area contributed by atoms with Crippen LogP contribution in [-0.2, 0) is 13.0 Å². The lowest BCUT2D eigenvalue weighted by Crippen LogP contribution is -2.41. The van der Waals surface area contributed by atoms with Crippen LogP contribution in [0.5, 0.6) is 0 Å². The number of nitrogens with one attached hydrogen (secondary N) is 1. The minimum atomic E-state index is -0.143. The van der Waals surface area contributed by atoms with E-state index in [1.807, 2.05) is 6.07 Å². The highest BCUT2D eigenvalue weighted by atomic mass is 16.4. The predicted molar refractivity (Wildman–Crippen MR) is 105 cm³/mol. The van der Waals surface area contributed by atoms with Crippen LogP contribution in [0.4, 0.5) is 5.69 Å². The third kappa shape index (κ3) is 4.10. The van der Waals surface area contributed by atoms with Gasteiger partial charge in [-0.15, -0.1) is 0 Å². The quantitative estimate of drug-likeness (QED) is 0.789. The van der Waals surface area contributed by atoms with E-state index in [0.29, 0.717) is 12.3 Å². The zero-order valence-corrected chi connectivity index (χ0v) is 16.0. The summed E-state index contributed by atoms with van der Waals surface area (Å²) >= 11 is 0. The van der Waals surface area contributed by atoms with Gasteiger partial charge in [0.2, 0.25) is 0 Å². The lowest BCUT2D eigenvalue weighted by molar-refractivity contribution is 0.0920. The molecule has 0 fully saturated rings. The lowest BCUT2D eigenvalue weighted by atomic mass is 10.2. The summed E-state index contributed by atoms with van der Waals surface area (Å²) in [5.74, 6) is 1.08. The molecule has 0 aliphatic carbocycles. The highest BCUT2D eigenvalue weighted by Crippen LogP contribution is 2.28. The van der Waals surface area contributed by atoms with E-state index in [9.17, 15) is 4.79 Å². The maximum Gasteiger partial charge on any atom is 0.287 e. The van der Waals surface area contributed by atoms with Gasteiger partial charge < -0.3 is 14.6 Å². The summed E-state index contributed by atoms with van der Waals surface area (Å²) in [4.78, 5) is 17.0. The number of carbonyl (C=O) groups is 1. The van der Waals surface area contributed by atoms with Crippen LogP contribution in [0.25, 0.3) is 0 Å². The van der Waals surface area contributed by atoms with Crippen LogP contribution >= 0.6 is 0 Å². The van der Waals surface area contributed by atoms with E-state index in [1.54, 1.807) is 6.07 Å². The number of rotatable bonds is 8. The highest BCUT2D eigenvalue weighted by Gasteiger charge is 2.23. The molecule has 0 radical (unpaired) electrons. The van der Waals surface area contributed by atoms with Crippen LogP contribution in [0, 0.1) is 0 Å². The second-order valence-electron chi connectivity index (χ2n) is 6.86. The first-order valence-corrected chi connectivity index (χ1v) is 9.56. The Bertz CT molecular complexity index is 736. The molecule has 0 spiro atoms. The van der Waals surface area contributed by atoms with Crippen molar-refractivity contribution < 1.29 is 9.21 Å². The van der Waals surface area contributed by atoms with Crippen molar-refractivity contribution in [3.8, 4) is 0 Å². The molecule has 1 aliphatic heterocycles. The molecule has 3 rings (SSSR count). The van der Waals surface area contributed by atoms with E-state index in [1.165, 1.54) is 11.3 Å². The number of benzene rings is 1. The Kier molecular flexibility index (Phi) is 5.99. The Balaban J connectivity index is 1.54. The maximum absolute atomic E-state index is 12.4. The van der Waals surface area contributed by atoms with Gasteiger partial charge in [-0.2, -0.15) is 0 Å². The minimum Gasteiger partial charge on any atom is -0.455 e. The van der Waals surface area contributed by atoms with Crippen molar-refractivity contribution in [1.82, 2.24) is 10.2 Å². The Morgan fingerprint density at radius 3 is 2.77 bits per heavy atom. The van der Waals surface area contributed by atoms with Crippen LogP contribution in [0.3, 0.4) is 0 Å². The van der Waals surface area contributed by atoms with Crippen LogP contribution in [-0.4, -0.2) is 43.0 Å². The SMILES string of the molecule is CCN(CC)Cc1ccc(C(=O)NC[C@H](C)N2CCc3ccccc32)o1. The van der Waals surface area contributed by atoms with Gasteiger partial charge >= 0.3 is 0 Å². The fourth-order valence-corrected chi connectivity index (χ4v) is 3.51. The fraction of sp³-hybridized carbons (Fsp3) is 0.476. The molecule has 1 amide bonds. The first-order valence-electron chi connectivity index (χ1n) is 9.56. The molecule has 1 N–H and O–H groups in total. The normalized spacial score (nSPS) is 14.5. The number of hydrogen-bond acceptors (Lipinski definition) is 4. The van der Waals surface area contributed by atoms with E-state index in [0.717, 1.165) is 38.4 Å². The predicted octanol–water partition coefficient (Wildman–Crippen LogP) is 3.30. The first-order chi connectivity index (χ1) is 12.6. The molecular formula is C21H29N3O2. The van der Waals surface area contributed by atoms with Gasteiger partial charge in [0, 0.05) is 24.8 Å². The van der Waals surface area contributed by atoms with Gasteiger partial charge in [-0.3, -0.25) is 9.69 Å². The van der Waals surface area contributed by atoms with Crippen molar-refractivity contribution in [2.45, 2.75) is 39.8 Å². The van der Waals surface area contributed by atoms with E-state index in [2.05, 4.69) is 60.2 Å². The third-order valence-electron chi connectivity index (χ3n) is 5.17. The van der Waals surface area contributed by atoms with Gasteiger partial charge in [-0.25, -0.2) is 0 Å². The van der Waals surface area contributed by atoms with Gasteiger partial charge in [-0.1, -0.05) is 32.0 Å². The number of anilines is 1. The van der Waals surface area contributed by atoms with E-state index in [4.69, 9.17) is 4.42 Å². The van der Waals surface area contributed by atoms with Gasteiger partial charge in [0.05, 0.1) is 6.54 Å². The van der Waals surface area contributed by atoms with Crippen molar-refractivity contribution >= 4 is 11.6 Å². The molecule has 2 aromatic rings. The van der Waals surface area contributed by atoms with Crippen LogP contribution in [0.1, 0.15) is 42.6 Å². The molecule has 5 nitrogen and oxygen atoms in total. The zero-order chi connectivity index (χ0) is 18.5. The van der Waals surface area contributed by atoms with Gasteiger partial charge in [0.15, 0.2) is 5.76 Å². The minimum absolute atomic E-state index is 0.143. The summed E-state index contributed by atoms with van der Waals surface area (Å²) in [6.45, 7) is 10.7. The molecule has 1 aliphatic rings. The fourth-order valence-electron chi connectivity index (χ4n) is 3.51. The van der Waals surface area contributed by atoms with Crippen molar-refractivity contribution in [2.75, 3.05) is 31.1 Å². The number of furan rings is 1. The van der Waals surface area contributed by atoms with E-state index in [-0.39, 0.29) is 11.9 Å². The van der Waals surface area contributed by atoms with E-state index < -0.39 is 0 Å². The summed E-state index contributed by atoms with van der Waals surface area (Å²) in [5, 5.41) is 3.01. The second kappa shape index (κ2) is 8.41. The third-order valence-corrected chi connectivity index (χ3v) is 5.17. The summed E-state index contributed by atoms with van der Waals surface area (Å²) in [5.41, 5.74) is 2.67. The van der Waals surface area contributed by atoms with Crippen LogP contribution in [0.15, 0.2) is 40.8 Å². The molecule has 0 unspecified atom stereocenters. The molecule has 140 valence electrons. The van der Waals surface area contributed by atoms with Gasteiger partial charge in [0.25, 0.3) is 5.91 Å². The average Bonchev–Trinajstić information content (AvgIpc) is 3.31. The Labute approximate surface area is 156 Å². The molecule has 2 heterocycles. The molecule has 0 bridgehead atoms. The number of carbonyl (C=O) groups excluding carboxylic acids is 1. The first kappa shape index (κ1) is 18.5. The zero-order valence-electron chi connectivity index (χ0n) is 16.0. The molecule has 1 aromatic carbocycles. The summed E-state index contributed by atoms with van der Waals surface area (Å²) in [7, 11) is 0. The number of fused-ring (bicyclic) bond motifs is 1. The number of para-hydroxylation sites is 1. The average molecular weight is 355 g/mol. The second-order valence-corrected chi connectivity index (χ2v) is 6.86. The van der Waals surface area contributed by atoms with Gasteiger partial charge in [-0.05, 0) is 50.2 Å². The Morgan fingerprint density at radius 1 is 1.23 bits per heavy atom. The van der Waals surface area contributed by atoms with E-state index >= 15 is 0 Å². The molecule has 1 atom stereocenters. The molecule has 0 saturated heterocycles. The molecule has 1 aromatic heterocycles. The Hall–Kier alpha value is -2.27. The maximum atomic E-state index is 12.4. The highest BCUT2D eigenvalue weighted by molar-refractivity contribution is 5.91. The standard InChI is InChI=1S/C21H29N3O2/c1-4-23(5-2)15-18-10-11-20(26-18)21(25)22-14-16(3)24-13-12-17-8-6-7-9-19(17)24/h6-11,16H,4-5,12-15H2,1-3H3,(H,22,25)/t16-/m0/s1. The summed E-state index contributed by atoms with van der Waals surface area (Å²) < 4.78 is 5.73. The molecule has 0 saturated carbocycles. The monoisotopic (exact) mass is 355 g/mol. The topological polar surface area (TPSA) is 48.7 Å². The Morgan fingerprint density at radius 2 is 2.00 bits per heavy atom. The van der Waals surface area contributed by atoms with Crippen molar-refractivity contribution in [2.24, 2.45) is 0 Å². The summed E-state index contributed by atoms with van der Waals surface area (Å²) in [6, 6.07) is 12.4. The smallest absolute Gasteiger partial charge is 0.287 e. The van der Waals surface area contributed by atoms with Crippen LogP contribution < -0.4 is 10.2 Å². The van der Waals surface area contributed by atoms with Crippen LogP contribution in [0.2, 0.25) is 0 Å². The lowest BCUT2D eigenvalue weighted by Gasteiger charge is -2.27. The number of amides is 1. The molecule has 26 heavy (non-hydrogen) atoms. The molecule has 5 heteroatoms. The van der Waals surface area contributed by atoms with Gasteiger partial charge in [0.1, 0.15) is 5.76 Å². The largest absolute Gasteiger partial charge is 0.455 e. The van der Waals surface area contributed by atoms with Crippen molar-refractivity contribution in [3.05, 3.63) is 53.5 Å². The summed E-state index contributed by atoms with van der Waals surface area (Å²) in [6.07, 6.45) is 1.07. The van der Waals surface area contributed by atoms with Crippen molar-refractivity contribution in [3.63, 3.8) is 0 Å².